The van der Waals surface area contributed by atoms with Gasteiger partial charge in [-0.2, -0.15) is 4.90 Å². The molecule has 0 spiro atoms. The Morgan fingerprint density at radius 3 is 1.41 bits per heavy atom. The first kappa shape index (κ1) is 25.2. The summed E-state index contributed by atoms with van der Waals surface area (Å²) in [4.78, 5) is 38.8. The van der Waals surface area contributed by atoms with Gasteiger partial charge in [0.1, 0.15) is 22.8 Å². The van der Waals surface area contributed by atoms with Gasteiger partial charge in [0.25, 0.3) is 0 Å². The maximum atomic E-state index is 12.7. The van der Waals surface area contributed by atoms with Gasteiger partial charge in [-0.25, -0.2) is 14.4 Å². The van der Waals surface area contributed by atoms with Crippen molar-refractivity contribution in [1.29, 1.82) is 0 Å². The van der Waals surface area contributed by atoms with E-state index in [1.807, 2.05) is 0 Å². The molecule has 0 saturated heterocycles. The van der Waals surface area contributed by atoms with E-state index in [4.69, 9.17) is 18.9 Å². The van der Waals surface area contributed by atoms with Crippen molar-refractivity contribution in [1.82, 2.24) is 4.90 Å². The van der Waals surface area contributed by atoms with Crippen LogP contribution in [-0.4, -0.2) is 59.6 Å². The molecule has 1 atom stereocenters. The number of nitrogens with zero attached hydrogens (tertiary/aromatic N) is 1. The molecule has 2 amide bonds. The molecule has 0 aromatic heterocycles. The summed E-state index contributed by atoms with van der Waals surface area (Å²) in [6.07, 6.45) is -1.92. The summed E-state index contributed by atoms with van der Waals surface area (Å²) < 4.78 is 21.0. The van der Waals surface area contributed by atoms with Crippen LogP contribution in [0.15, 0.2) is 0 Å². The molecular formula is C19H35NO7. The summed E-state index contributed by atoms with van der Waals surface area (Å²) in [7, 11) is 1.46. The fraction of sp³-hybridized carbons (Fsp3) is 0.842. The highest BCUT2D eigenvalue weighted by molar-refractivity contribution is 5.94. The van der Waals surface area contributed by atoms with Crippen LogP contribution in [0.3, 0.4) is 0 Å². The first-order valence-corrected chi connectivity index (χ1v) is 8.94. The van der Waals surface area contributed by atoms with Crippen LogP contribution in [0.4, 0.5) is 9.59 Å². The molecule has 0 N–H and O–H groups in total. The smallest absolute Gasteiger partial charge is 0.420 e. The first-order valence-electron chi connectivity index (χ1n) is 8.94. The highest BCUT2D eigenvalue weighted by atomic mass is 16.6. The van der Waals surface area contributed by atoms with Crippen LogP contribution >= 0.6 is 0 Å². The molecule has 0 rings (SSSR count). The molecule has 0 bridgehead atoms. The van der Waals surface area contributed by atoms with Gasteiger partial charge >= 0.3 is 18.2 Å². The Bertz CT molecular complexity index is 496. The van der Waals surface area contributed by atoms with Crippen LogP contribution in [0.25, 0.3) is 0 Å². The van der Waals surface area contributed by atoms with Crippen molar-refractivity contribution in [3.8, 4) is 0 Å². The van der Waals surface area contributed by atoms with Crippen molar-refractivity contribution in [2.45, 2.75) is 91.6 Å². The molecule has 0 aromatic rings. The lowest BCUT2D eigenvalue weighted by Gasteiger charge is -2.33. The zero-order valence-corrected chi connectivity index (χ0v) is 18.3. The molecule has 0 aromatic carbocycles. The van der Waals surface area contributed by atoms with Gasteiger partial charge in [0, 0.05) is 20.1 Å². The van der Waals surface area contributed by atoms with Crippen molar-refractivity contribution >= 4 is 18.2 Å². The van der Waals surface area contributed by atoms with Gasteiger partial charge in [-0.3, -0.25) is 0 Å². The Morgan fingerprint density at radius 1 is 0.741 bits per heavy atom. The van der Waals surface area contributed by atoms with Gasteiger partial charge in [-0.05, 0) is 62.3 Å². The minimum absolute atomic E-state index is 0.0455. The third-order valence-corrected chi connectivity index (χ3v) is 2.77. The summed E-state index contributed by atoms with van der Waals surface area (Å²) >= 11 is 0. The zero-order valence-electron chi connectivity index (χ0n) is 18.3. The van der Waals surface area contributed by atoms with E-state index in [2.05, 4.69) is 0 Å². The van der Waals surface area contributed by atoms with E-state index in [1.54, 1.807) is 62.3 Å². The van der Waals surface area contributed by atoms with Crippen molar-refractivity contribution in [2.24, 2.45) is 0 Å². The van der Waals surface area contributed by atoms with Crippen molar-refractivity contribution in [3.63, 3.8) is 0 Å². The molecule has 0 radical (unpaired) electrons. The van der Waals surface area contributed by atoms with Gasteiger partial charge < -0.3 is 18.9 Å². The van der Waals surface area contributed by atoms with Gasteiger partial charge in [0.05, 0.1) is 0 Å². The lowest BCUT2D eigenvalue weighted by atomic mass is 10.1. The number of esters is 1. The molecule has 0 aliphatic carbocycles. The molecule has 8 nitrogen and oxygen atoms in total. The Labute approximate surface area is 162 Å². The maximum absolute atomic E-state index is 12.7. The van der Waals surface area contributed by atoms with Gasteiger partial charge in [0.2, 0.25) is 0 Å². The second-order valence-corrected chi connectivity index (χ2v) is 9.16. The molecule has 0 aliphatic rings. The minimum atomic E-state index is -1.24. The second-order valence-electron chi connectivity index (χ2n) is 9.16. The lowest BCUT2D eigenvalue weighted by molar-refractivity contribution is -0.161. The van der Waals surface area contributed by atoms with Crippen LogP contribution in [0.5, 0.6) is 0 Å². The number of methoxy groups -OCH3 is 1. The zero-order chi connectivity index (χ0) is 21.6. The molecule has 27 heavy (non-hydrogen) atoms. The third kappa shape index (κ3) is 10.8. The molecule has 0 heterocycles. The monoisotopic (exact) mass is 389 g/mol. The second kappa shape index (κ2) is 9.39. The van der Waals surface area contributed by atoms with Crippen LogP contribution in [-0.2, 0) is 23.7 Å². The fourth-order valence-corrected chi connectivity index (χ4v) is 1.90. The van der Waals surface area contributed by atoms with Gasteiger partial charge in [0.15, 0.2) is 0 Å². The molecule has 0 saturated carbocycles. The number of ether oxygens (including phenoxy) is 4. The van der Waals surface area contributed by atoms with Crippen molar-refractivity contribution < 1.29 is 33.3 Å². The summed E-state index contributed by atoms with van der Waals surface area (Å²) in [5.74, 6) is -0.740. The quantitative estimate of drug-likeness (QED) is 0.520. The van der Waals surface area contributed by atoms with Crippen LogP contribution in [0.1, 0.15) is 68.7 Å². The first-order chi connectivity index (χ1) is 12.0. The SMILES string of the molecule is COCC[C@@H](C(=O)OC(C)(C)C)N(C(=O)OC(C)(C)C)C(=O)OC(C)(C)C. The average molecular weight is 389 g/mol. The molecule has 8 heteroatoms. The molecule has 0 fully saturated rings. The Hall–Kier alpha value is -1.83. The van der Waals surface area contributed by atoms with Gasteiger partial charge in [-0.1, -0.05) is 0 Å². The van der Waals surface area contributed by atoms with Crippen LogP contribution in [0, 0.1) is 0 Å². The van der Waals surface area contributed by atoms with E-state index >= 15 is 0 Å². The summed E-state index contributed by atoms with van der Waals surface area (Å²) in [5, 5.41) is 0. The number of carbonyl (C=O) groups is 3. The average Bonchev–Trinajstić information content (AvgIpc) is 2.36. The number of carbonyl (C=O) groups excluding carboxylic acids is 3. The Balaban J connectivity index is 5.90. The molecular weight excluding hydrogens is 354 g/mol. The number of hydrogen-bond acceptors (Lipinski definition) is 7. The molecule has 0 aliphatic heterocycles. The largest absolute Gasteiger partial charge is 0.458 e. The predicted molar refractivity (Wildman–Crippen MR) is 100 cm³/mol. The van der Waals surface area contributed by atoms with Crippen molar-refractivity contribution in [2.75, 3.05) is 13.7 Å². The fourth-order valence-electron chi connectivity index (χ4n) is 1.90. The standard InChI is InChI=1S/C19H35NO7/c1-17(2,3)25-14(21)13(11-12-24-10)20(15(22)26-18(4,5)6)16(23)27-19(7,8)9/h13H,11-12H2,1-10H3/t13-/m0/s1. The predicted octanol–water partition coefficient (Wildman–Crippen LogP) is 3.91. The minimum Gasteiger partial charge on any atom is -0.458 e. The van der Waals surface area contributed by atoms with Gasteiger partial charge in [-0.15, -0.1) is 0 Å². The highest BCUT2D eigenvalue weighted by Crippen LogP contribution is 2.21. The molecule has 0 unspecified atom stereocenters. The number of hydrogen-bond donors (Lipinski definition) is 0. The Kier molecular flexibility index (Phi) is 8.76. The van der Waals surface area contributed by atoms with E-state index in [1.165, 1.54) is 7.11 Å². The number of rotatable bonds is 5. The van der Waals surface area contributed by atoms with Crippen molar-refractivity contribution in [3.05, 3.63) is 0 Å². The summed E-state index contributed by atoms with van der Waals surface area (Å²) in [6.45, 7) is 15.2. The van der Waals surface area contributed by atoms with E-state index in [-0.39, 0.29) is 13.0 Å². The van der Waals surface area contributed by atoms with E-state index in [0.29, 0.717) is 4.90 Å². The Morgan fingerprint density at radius 2 is 1.11 bits per heavy atom. The summed E-state index contributed by atoms with van der Waals surface area (Å²) in [5.41, 5.74) is -2.52. The maximum Gasteiger partial charge on any atom is 0.420 e. The van der Waals surface area contributed by atoms with E-state index in [0.717, 1.165) is 0 Å². The van der Waals surface area contributed by atoms with Crippen LogP contribution in [0.2, 0.25) is 0 Å². The topological polar surface area (TPSA) is 91.4 Å². The summed E-state index contributed by atoms with van der Waals surface area (Å²) in [6, 6.07) is -1.24. The van der Waals surface area contributed by atoms with E-state index < -0.39 is 41.0 Å². The normalized spacial score (nSPS) is 13.6. The lowest BCUT2D eigenvalue weighted by Crippen LogP contribution is -2.53. The highest BCUT2D eigenvalue weighted by Gasteiger charge is 2.41. The third-order valence-electron chi connectivity index (χ3n) is 2.77. The van der Waals surface area contributed by atoms with Crippen LogP contribution < -0.4 is 0 Å². The number of imide groups is 1. The molecule has 158 valence electrons. The van der Waals surface area contributed by atoms with E-state index in [9.17, 15) is 14.4 Å². The number of amides is 2.